The lowest BCUT2D eigenvalue weighted by Crippen LogP contribution is -2.13. The van der Waals surface area contributed by atoms with Gasteiger partial charge in [0.15, 0.2) is 5.69 Å². The first-order valence-electron chi connectivity index (χ1n) is 8.79. The number of nitro benzene ring substituents is 2. The fourth-order valence-corrected chi connectivity index (χ4v) is 3.77. The van der Waals surface area contributed by atoms with Crippen LogP contribution in [0.25, 0.3) is 0 Å². The van der Waals surface area contributed by atoms with E-state index in [9.17, 15) is 25.3 Å². The van der Waals surface area contributed by atoms with Crippen LogP contribution in [-0.4, -0.2) is 21.5 Å². The number of anilines is 1. The summed E-state index contributed by atoms with van der Waals surface area (Å²) in [6.45, 7) is 1.40. The van der Waals surface area contributed by atoms with E-state index in [1.54, 1.807) is 0 Å². The summed E-state index contributed by atoms with van der Waals surface area (Å²) in [5.41, 5.74) is 2.25. The minimum absolute atomic E-state index is 0.0878. The van der Waals surface area contributed by atoms with E-state index < -0.39 is 16.5 Å². The molecule has 0 saturated carbocycles. The maximum Gasteiger partial charge on any atom is 0.302 e. The molecule has 0 bridgehead atoms. The van der Waals surface area contributed by atoms with Crippen LogP contribution in [0.3, 0.4) is 0 Å². The van der Waals surface area contributed by atoms with E-state index in [2.05, 4.69) is 17.4 Å². The number of aliphatic hydroxyl groups excluding tert-OH is 1. The molecule has 0 saturated heterocycles. The van der Waals surface area contributed by atoms with Crippen LogP contribution in [0.4, 0.5) is 17.1 Å². The molecule has 0 radical (unpaired) electrons. The Morgan fingerprint density at radius 1 is 1.15 bits per heavy atom. The van der Waals surface area contributed by atoms with Gasteiger partial charge in [-0.25, -0.2) is 0 Å². The van der Waals surface area contributed by atoms with E-state index >= 15 is 0 Å². The fourth-order valence-electron chi connectivity index (χ4n) is 3.77. The molecule has 0 heterocycles. The Kier molecular flexibility index (Phi) is 5.36. The molecule has 0 spiro atoms. The molecule has 0 aliphatic heterocycles. The normalized spacial score (nSPS) is 13.4. The zero-order chi connectivity index (χ0) is 19.6. The highest BCUT2D eigenvalue weighted by Gasteiger charge is 2.30. The van der Waals surface area contributed by atoms with Crippen molar-refractivity contribution in [2.45, 2.75) is 32.8 Å². The molecule has 27 heavy (non-hydrogen) atoms. The molecule has 3 rings (SSSR count). The van der Waals surface area contributed by atoms with E-state index in [-0.39, 0.29) is 28.2 Å². The summed E-state index contributed by atoms with van der Waals surface area (Å²) in [4.78, 5) is 21.6. The first-order valence-corrected chi connectivity index (χ1v) is 8.79. The van der Waals surface area contributed by atoms with Gasteiger partial charge in [-0.15, -0.1) is 0 Å². The number of nitro groups is 2. The minimum atomic E-state index is -0.653. The summed E-state index contributed by atoms with van der Waals surface area (Å²) in [5, 5.41) is 35.2. The molecule has 1 aliphatic rings. The summed E-state index contributed by atoms with van der Waals surface area (Å²) in [5.74, 6) is 0.408. The maximum atomic E-state index is 11.5. The standard InChI is InChI=1S/C19H21N3O5/c1-12-16(11-23)10-17(21(24)25)18(19(12)22(26)27)20-7-6-13-8-14-4-2-3-5-15(14)9-13/h2-5,10,13,20,23H,6-9,11H2,1H3. The maximum absolute atomic E-state index is 11.5. The van der Waals surface area contributed by atoms with Crippen LogP contribution in [0.15, 0.2) is 30.3 Å². The first kappa shape index (κ1) is 18.8. The van der Waals surface area contributed by atoms with Gasteiger partial charge < -0.3 is 10.4 Å². The highest BCUT2D eigenvalue weighted by molar-refractivity contribution is 5.77. The molecule has 8 nitrogen and oxygen atoms in total. The van der Waals surface area contributed by atoms with Gasteiger partial charge in [0, 0.05) is 18.2 Å². The predicted octanol–water partition coefficient (Wildman–Crippen LogP) is 3.52. The molecule has 2 aromatic carbocycles. The molecule has 0 amide bonds. The highest BCUT2D eigenvalue weighted by atomic mass is 16.6. The molecule has 0 unspecified atom stereocenters. The second-order valence-electron chi connectivity index (χ2n) is 6.83. The summed E-state index contributed by atoms with van der Waals surface area (Å²) in [6, 6.07) is 9.44. The third-order valence-corrected chi connectivity index (χ3v) is 5.18. The fraction of sp³-hybridized carbons (Fsp3) is 0.368. The van der Waals surface area contributed by atoms with Crippen molar-refractivity contribution in [2.75, 3.05) is 11.9 Å². The number of nitrogens with zero attached hydrogens (tertiary/aromatic N) is 2. The predicted molar refractivity (Wildman–Crippen MR) is 101 cm³/mol. The van der Waals surface area contributed by atoms with E-state index in [0.717, 1.165) is 19.3 Å². The molecular weight excluding hydrogens is 350 g/mol. The lowest BCUT2D eigenvalue weighted by molar-refractivity contribution is -0.392. The van der Waals surface area contributed by atoms with Crippen molar-refractivity contribution >= 4 is 17.1 Å². The van der Waals surface area contributed by atoms with Crippen LogP contribution < -0.4 is 5.32 Å². The third kappa shape index (κ3) is 3.75. The van der Waals surface area contributed by atoms with Crippen LogP contribution in [0.2, 0.25) is 0 Å². The number of hydrogen-bond acceptors (Lipinski definition) is 6. The Bertz CT molecular complexity index is 872. The quantitative estimate of drug-likeness (QED) is 0.568. The molecule has 0 fully saturated rings. The van der Waals surface area contributed by atoms with Gasteiger partial charge in [0.1, 0.15) is 0 Å². The van der Waals surface area contributed by atoms with Crippen molar-refractivity contribution in [3.05, 3.63) is 72.8 Å². The van der Waals surface area contributed by atoms with Gasteiger partial charge >= 0.3 is 5.69 Å². The minimum Gasteiger partial charge on any atom is -0.392 e. The largest absolute Gasteiger partial charge is 0.392 e. The molecule has 2 N–H and O–H groups in total. The van der Waals surface area contributed by atoms with E-state index in [1.807, 2.05) is 12.1 Å². The van der Waals surface area contributed by atoms with E-state index in [0.29, 0.717) is 12.5 Å². The Balaban J connectivity index is 1.79. The summed E-state index contributed by atoms with van der Waals surface area (Å²) < 4.78 is 0. The number of benzene rings is 2. The average molecular weight is 371 g/mol. The summed E-state index contributed by atoms with van der Waals surface area (Å²) >= 11 is 0. The Morgan fingerprint density at radius 3 is 2.30 bits per heavy atom. The second kappa shape index (κ2) is 7.71. The van der Waals surface area contributed by atoms with Crippen LogP contribution in [0, 0.1) is 33.1 Å². The van der Waals surface area contributed by atoms with Crippen molar-refractivity contribution in [3.8, 4) is 0 Å². The molecule has 142 valence electrons. The van der Waals surface area contributed by atoms with Gasteiger partial charge in [-0.2, -0.15) is 0 Å². The Hall–Kier alpha value is -3.00. The van der Waals surface area contributed by atoms with Crippen molar-refractivity contribution < 1.29 is 15.0 Å². The van der Waals surface area contributed by atoms with E-state index in [1.165, 1.54) is 24.1 Å². The van der Waals surface area contributed by atoms with Crippen LogP contribution >= 0.6 is 0 Å². The summed E-state index contributed by atoms with van der Waals surface area (Å²) in [7, 11) is 0. The van der Waals surface area contributed by atoms with Gasteiger partial charge in [-0.3, -0.25) is 20.2 Å². The van der Waals surface area contributed by atoms with E-state index in [4.69, 9.17) is 0 Å². The van der Waals surface area contributed by atoms with Crippen molar-refractivity contribution in [1.29, 1.82) is 0 Å². The van der Waals surface area contributed by atoms with Gasteiger partial charge in [-0.05, 0) is 48.8 Å². The van der Waals surface area contributed by atoms with Crippen LogP contribution in [0.5, 0.6) is 0 Å². The molecule has 8 heteroatoms. The number of fused-ring (bicyclic) bond motifs is 1. The molecule has 1 aliphatic carbocycles. The van der Waals surface area contributed by atoms with Crippen LogP contribution in [0.1, 0.15) is 28.7 Å². The lowest BCUT2D eigenvalue weighted by atomic mass is 10.0. The number of nitrogens with one attached hydrogen (secondary N) is 1. The topological polar surface area (TPSA) is 119 Å². The lowest BCUT2D eigenvalue weighted by Gasteiger charge is -2.14. The molecule has 0 atom stereocenters. The van der Waals surface area contributed by atoms with Gasteiger partial charge in [-0.1, -0.05) is 24.3 Å². The third-order valence-electron chi connectivity index (χ3n) is 5.18. The van der Waals surface area contributed by atoms with Crippen LogP contribution in [-0.2, 0) is 19.4 Å². The smallest absolute Gasteiger partial charge is 0.302 e. The monoisotopic (exact) mass is 371 g/mol. The van der Waals surface area contributed by atoms with Crippen molar-refractivity contribution in [2.24, 2.45) is 5.92 Å². The highest BCUT2D eigenvalue weighted by Crippen LogP contribution is 2.39. The molecule has 2 aromatic rings. The van der Waals surface area contributed by atoms with Gasteiger partial charge in [0.05, 0.1) is 16.5 Å². The average Bonchev–Trinajstić information content (AvgIpc) is 3.04. The van der Waals surface area contributed by atoms with Gasteiger partial charge in [0.2, 0.25) is 0 Å². The number of aliphatic hydroxyl groups is 1. The SMILES string of the molecule is Cc1c(CO)cc([N+](=O)[O-])c(NCCC2Cc3ccccc3C2)c1[N+](=O)[O-]. The zero-order valence-electron chi connectivity index (χ0n) is 15.0. The molecular formula is C19H21N3O5. The number of hydrogen-bond donors (Lipinski definition) is 2. The Labute approximate surface area is 156 Å². The Morgan fingerprint density at radius 2 is 1.78 bits per heavy atom. The second-order valence-corrected chi connectivity index (χ2v) is 6.83. The van der Waals surface area contributed by atoms with Crippen molar-refractivity contribution in [3.63, 3.8) is 0 Å². The van der Waals surface area contributed by atoms with Crippen molar-refractivity contribution in [1.82, 2.24) is 0 Å². The summed E-state index contributed by atoms with van der Waals surface area (Å²) in [6.07, 6.45) is 2.65. The first-order chi connectivity index (χ1) is 12.9. The van der Waals surface area contributed by atoms with Gasteiger partial charge in [0.25, 0.3) is 5.69 Å². The zero-order valence-corrected chi connectivity index (χ0v) is 15.0. The number of rotatable bonds is 7. The molecule has 0 aromatic heterocycles.